The second kappa shape index (κ2) is 7.76. The molecule has 4 rings (SSSR count). The quantitative estimate of drug-likeness (QED) is 0.188. The highest BCUT2D eigenvalue weighted by Gasteiger charge is 2.15. The van der Waals surface area contributed by atoms with Gasteiger partial charge in [0.1, 0.15) is 5.75 Å². The maximum Gasteiger partial charge on any atom is 0.308 e. The van der Waals surface area contributed by atoms with Crippen LogP contribution in [0.1, 0.15) is 12.5 Å². The third-order valence-corrected chi connectivity index (χ3v) is 5.69. The predicted octanol–water partition coefficient (Wildman–Crippen LogP) is 2.96. The Morgan fingerprint density at radius 2 is 2.10 bits per heavy atom. The van der Waals surface area contributed by atoms with Crippen molar-refractivity contribution in [2.24, 2.45) is 0 Å². The standard InChI is InChI=1S/C19H11BrN4O5S/c1-10(25)29-14-5-6-15(20)12(8-14)9-16-18(26)23-19(30-16)21-17(22-23)11-3-2-4-13(7-11)24(27)28/h2-9H,1H3. The molecule has 9 nitrogen and oxygen atoms in total. The second-order valence-corrected chi connectivity index (χ2v) is 7.99. The fourth-order valence-corrected chi connectivity index (χ4v) is 3.98. The first-order valence-electron chi connectivity index (χ1n) is 8.46. The van der Waals surface area contributed by atoms with Gasteiger partial charge in [-0.05, 0) is 29.8 Å². The topological polar surface area (TPSA) is 117 Å². The number of nitro benzene ring substituents is 1. The molecule has 0 aliphatic carbocycles. The molecule has 0 aliphatic rings. The van der Waals surface area contributed by atoms with Crippen LogP contribution in [-0.4, -0.2) is 25.5 Å². The number of benzene rings is 2. The van der Waals surface area contributed by atoms with Gasteiger partial charge in [0.25, 0.3) is 11.2 Å². The lowest BCUT2D eigenvalue weighted by Gasteiger charge is -2.03. The van der Waals surface area contributed by atoms with Crippen LogP contribution < -0.4 is 14.8 Å². The van der Waals surface area contributed by atoms with Gasteiger partial charge < -0.3 is 4.74 Å². The van der Waals surface area contributed by atoms with E-state index in [1.165, 1.54) is 25.1 Å². The van der Waals surface area contributed by atoms with E-state index < -0.39 is 10.9 Å². The highest BCUT2D eigenvalue weighted by Crippen LogP contribution is 2.24. The normalized spacial score (nSPS) is 11.7. The van der Waals surface area contributed by atoms with Crippen LogP contribution in [0.5, 0.6) is 5.75 Å². The van der Waals surface area contributed by atoms with Crippen LogP contribution in [0.15, 0.2) is 51.7 Å². The van der Waals surface area contributed by atoms with Crippen LogP contribution >= 0.6 is 27.3 Å². The van der Waals surface area contributed by atoms with E-state index >= 15 is 0 Å². The van der Waals surface area contributed by atoms with E-state index in [0.29, 0.717) is 30.8 Å². The number of thiazole rings is 1. The van der Waals surface area contributed by atoms with Crippen LogP contribution in [0.2, 0.25) is 0 Å². The Bertz CT molecular complexity index is 1430. The van der Waals surface area contributed by atoms with Gasteiger partial charge in [0.15, 0.2) is 5.82 Å². The molecule has 11 heteroatoms. The van der Waals surface area contributed by atoms with Crippen molar-refractivity contribution in [3.63, 3.8) is 0 Å². The van der Waals surface area contributed by atoms with Crippen molar-refractivity contribution in [2.75, 3.05) is 0 Å². The maximum absolute atomic E-state index is 12.8. The summed E-state index contributed by atoms with van der Waals surface area (Å²) in [5, 5.41) is 15.2. The molecule has 2 heterocycles. The summed E-state index contributed by atoms with van der Waals surface area (Å²) >= 11 is 4.54. The highest BCUT2D eigenvalue weighted by atomic mass is 79.9. The summed E-state index contributed by atoms with van der Waals surface area (Å²) in [5.41, 5.74) is 0.639. The minimum atomic E-state index is -0.504. The predicted molar refractivity (Wildman–Crippen MR) is 113 cm³/mol. The number of halogens is 1. The first-order valence-corrected chi connectivity index (χ1v) is 10.1. The summed E-state index contributed by atoms with van der Waals surface area (Å²) in [6.07, 6.45) is 1.65. The molecule has 0 radical (unpaired) electrons. The molecule has 4 aromatic rings. The van der Waals surface area contributed by atoms with Crippen molar-refractivity contribution in [1.29, 1.82) is 0 Å². The summed E-state index contributed by atoms with van der Waals surface area (Å²) in [5.74, 6) is 0.142. The number of carbonyl (C=O) groups excluding carboxylic acids is 1. The molecule has 0 fully saturated rings. The van der Waals surface area contributed by atoms with Crippen molar-refractivity contribution in [2.45, 2.75) is 6.92 Å². The van der Waals surface area contributed by atoms with Gasteiger partial charge in [-0.2, -0.15) is 9.50 Å². The summed E-state index contributed by atoms with van der Waals surface area (Å²) in [6.45, 7) is 1.31. The molecule has 0 N–H and O–H groups in total. The number of non-ortho nitro benzene ring substituents is 1. The molecule has 0 amide bonds. The minimum Gasteiger partial charge on any atom is -0.427 e. The summed E-state index contributed by atoms with van der Waals surface area (Å²) in [4.78, 5) is 39.1. The fraction of sp³-hybridized carbons (Fsp3) is 0.0526. The highest BCUT2D eigenvalue weighted by molar-refractivity contribution is 9.10. The third kappa shape index (κ3) is 3.84. The van der Waals surface area contributed by atoms with E-state index in [1.807, 2.05) is 0 Å². The first kappa shape index (κ1) is 19.9. The molecule has 0 bridgehead atoms. The molecular formula is C19H11BrN4O5S. The zero-order valence-electron chi connectivity index (χ0n) is 15.2. The molecule has 0 aliphatic heterocycles. The van der Waals surface area contributed by atoms with Crippen LogP contribution in [0.25, 0.3) is 22.4 Å². The Kier molecular flexibility index (Phi) is 5.14. The van der Waals surface area contributed by atoms with E-state index in [2.05, 4.69) is 26.0 Å². The molecule has 30 heavy (non-hydrogen) atoms. The summed E-state index contributed by atoms with van der Waals surface area (Å²) in [6, 6.07) is 10.9. The Morgan fingerprint density at radius 1 is 1.30 bits per heavy atom. The minimum absolute atomic E-state index is 0.0838. The molecule has 0 atom stereocenters. The summed E-state index contributed by atoms with van der Waals surface area (Å²) < 4.78 is 7.34. The van der Waals surface area contributed by atoms with Crippen molar-refractivity contribution >= 4 is 50.0 Å². The average molecular weight is 487 g/mol. The zero-order valence-corrected chi connectivity index (χ0v) is 17.6. The van der Waals surface area contributed by atoms with E-state index in [9.17, 15) is 19.7 Å². The van der Waals surface area contributed by atoms with Gasteiger partial charge in [0.05, 0.1) is 9.46 Å². The number of hydrogen-bond donors (Lipinski definition) is 0. The number of nitro groups is 1. The first-order chi connectivity index (χ1) is 14.3. The van der Waals surface area contributed by atoms with Crippen LogP contribution in [0.4, 0.5) is 5.69 Å². The smallest absolute Gasteiger partial charge is 0.308 e. The third-order valence-electron chi connectivity index (χ3n) is 4.01. The number of hydrogen-bond acceptors (Lipinski definition) is 8. The molecule has 0 saturated carbocycles. The Hall–Kier alpha value is -3.44. The van der Waals surface area contributed by atoms with Crippen molar-refractivity contribution < 1.29 is 14.5 Å². The van der Waals surface area contributed by atoms with E-state index in [0.717, 1.165) is 15.9 Å². The molecular weight excluding hydrogens is 476 g/mol. The molecule has 2 aromatic heterocycles. The Balaban J connectivity index is 1.77. The van der Waals surface area contributed by atoms with Gasteiger partial charge in [0, 0.05) is 29.1 Å². The molecule has 0 saturated heterocycles. The van der Waals surface area contributed by atoms with Crippen molar-refractivity contribution in [3.8, 4) is 17.1 Å². The number of ether oxygens (including phenoxy) is 1. The SMILES string of the molecule is CC(=O)Oc1ccc(Br)c(C=c2sc3nc(-c4cccc([N+](=O)[O-])c4)nn3c2=O)c1. The lowest BCUT2D eigenvalue weighted by Crippen LogP contribution is -2.23. The lowest BCUT2D eigenvalue weighted by molar-refractivity contribution is -0.384. The van der Waals surface area contributed by atoms with Crippen LogP contribution in [0, 0.1) is 10.1 Å². The number of rotatable bonds is 4. The van der Waals surface area contributed by atoms with Gasteiger partial charge in [-0.25, -0.2) is 0 Å². The number of nitrogens with zero attached hydrogens (tertiary/aromatic N) is 4. The molecule has 0 spiro atoms. The van der Waals surface area contributed by atoms with E-state index in [1.54, 1.807) is 30.3 Å². The molecule has 0 unspecified atom stereocenters. The Labute approximate surface area is 180 Å². The number of carbonyl (C=O) groups is 1. The summed E-state index contributed by atoms with van der Waals surface area (Å²) in [7, 11) is 0. The Morgan fingerprint density at radius 3 is 2.80 bits per heavy atom. The average Bonchev–Trinajstić information content (AvgIpc) is 3.24. The van der Waals surface area contributed by atoms with Crippen molar-refractivity contribution in [3.05, 3.63) is 77.5 Å². The zero-order chi connectivity index (χ0) is 21.4. The monoisotopic (exact) mass is 486 g/mol. The largest absolute Gasteiger partial charge is 0.427 e. The van der Waals surface area contributed by atoms with Crippen LogP contribution in [0.3, 0.4) is 0 Å². The van der Waals surface area contributed by atoms with Crippen LogP contribution in [-0.2, 0) is 4.79 Å². The van der Waals surface area contributed by atoms with E-state index in [-0.39, 0.29) is 17.1 Å². The maximum atomic E-state index is 12.8. The number of esters is 1. The molecule has 150 valence electrons. The fourth-order valence-electron chi connectivity index (χ4n) is 2.72. The van der Waals surface area contributed by atoms with E-state index in [4.69, 9.17) is 4.74 Å². The van der Waals surface area contributed by atoms with Crippen molar-refractivity contribution in [1.82, 2.24) is 14.6 Å². The lowest BCUT2D eigenvalue weighted by atomic mass is 10.2. The second-order valence-electron chi connectivity index (χ2n) is 6.13. The molecule has 2 aromatic carbocycles. The van der Waals surface area contributed by atoms with Gasteiger partial charge in [-0.3, -0.25) is 19.7 Å². The van der Waals surface area contributed by atoms with Gasteiger partial charge in [-0.15, -0.1) is 5.10 Å². The number of fused-ring (bicyclic) bond motifs is 1. The van der Waals surface area contributed by atoms with Gasteiger partial charge >= 0.3 is 5.97 Å². The van der Waals surface area contributed by atoms with Gasteiger partial charge in [-0.1, -0.05) is 39.4 Å². The van der Waals surface area contributed by atoms with Gasteiger partial charge in [0.2, 0.25) is 4.96 Å². The number of aromatic nitrogens is 3.